The van der Waals surface area contributed by atoms with Gasteiger partial charge in [-0.1, -0.05) is 12.1 Å². The molecule has 3 aromatic rings. The van der Waals surface area contributed by atoms with Crippen molar-refractivity contribution in [1.82, 2.24) is 19.7 Å². The fourth-order valence-corrected chi connectivity index (χ4v) is 3.44. The van der Waals surface area contributed by atoms with Gasteiger partial charge in [0.2, 0.25) is 0 Å². The van der Waals surface area contributed by atoms with E-state index in [1.807, 2.05) is 19.0 Å². The van der Waals surface area contributed by atoms with Crippen LogP contribution in [0, 0.1) is 10.1 Å². The molecule has 0 N–H and O–H groups in total. The summed E-state index contributed by atoms with van der Waals surface area (Å²) in [7, 11) is 3.75. The number of nitro benzene ring substituents is 1. The van der Waals surface area contributed by atoms with E-state index < -0.39 is 16.7 Å². The summed E-state index contributed by atoms with van der Waals surface area (Å²) in [6, 6.07) is 8.91. The van der Waals surface area contributed by atoms with E-state index in [2.05, 4.69) is 15.2 Å². The minimum absolute atomic E-state index is 0.124. The lowest BCUT2D eigenvalue weighted by Crippen LogP contribution is -2.17. The number of halogens is 3. The minimum atomic E-state index is -4.46. The number of non-ortho nitro benzene ring substituents is 1. The maximum absolute atomic E-state index is 13.0. The highest BCUT2D eigenvalue weighted by Gasteiger charge is 2.31. The number of nitrogens with zero attached hydrogens (tertiary/aromatic N) is 6. The van der Waals surface area contributed by atoms with Crippen LogP contribution in [0.15, 0.2) is 47.5 Å². The number of alkyl halides is 3. The van der Waals surface area contributed by atoms with Crippen molar-refractivity contribution in [2.45, 2.75) is 19.3 Å². The first-order chi connectivity index (χ1) is 14.6. The number of fused-ring (bicyclic) bond motifs is 3. The van der Waals surface area contributed by atoms with Gasteiger partial charge in [-0.15, -0.1) is 10.2 Å². The van der Waals surface area contributed by atoms with E-state index >= 15 is 0 Å². The summed E-state index contributed by atoms with van der Waals surface area (Å²) in [6.45, 7) is 0.596. The Morgan fingerprint density at radius 2 is 1.84 bits per heavy atom. The molecule has 2 heterocycles. The lowest BCUT2D eigenvalue weighted by molar-refractivity contribution is -0.384. The molecular weight excluding hydrogens is 413 g/mol. The molecule has 2 aromatic carbocycles. The van der Waals surface area contributed by atoms with Crippen LogP contribution in [0.5, 0.6) is 0 Å². The largest absolute Gasteiger partial charge is 0.416 e. The molecule has 0 saturated heterocycles. The summed E-state index contributed by atoms with van der Waals surface area (Å²) >= 11 is 0. The average Bonchev–Trinajstić information content (AvgIpc) is 3.01. The van der Waals surface area contributed by atoms with Crippen LogP contribution in [0.2, 0.25) is 0 Å². The number of aliphatic imine (C=N–C) groups is 1. The van der Waals surface area contributed by atoms with Crippen molar-refractivity contribution in [2.75, 3.05) is 14.1 Å². The SMILES string of the molecule is CN(C)Cc1nnc2n1-c1ccc([N+](=O)[O-])cc1C(c1ccc(C(F)(F)F)cc1)=NC2. The fourth-order valence-electron chi connectivity index (χ4n) is 3.44. The third kappa shape index (κ3) is 3.91. The van der Waals surface area contributed by atoms with Gasteiger partial charge in [0.05, 0.1) is 28.4 Å². The predicted molar refractivity (Wildman–Crippen MR) is 106 cm³/mol. The lowest BCUT2D eigenvalue weighted by Gasteiger charge is -2.15. The predicted octanol–water partition coefficient (Wildman–Crippen LogP) is 3.61. The molecule has 0 saturated carbocycles. The molecule has 8 nitrogen and oxygen atoms in total. The van der Waals surface area contributed by atoms with Gasteiger partial charge in [0.15, 0.2) is 11.6 Å². The standard InChI is InChI=1S/C20H17F3N6O2/c1-27(2)11-18-26-25-17-10-24-19(12-3-5-13(6-4-12)20(21,22)23)15-9-14(29(30)31)7-8-16(15)28(17)18/h3-9H,10-11H2,1-2H3. The van der Waals surface area contributed by atoms with Crippen molar-refractivity contribution in [1.29, 1.82) is 0 Å². The minimum Gasteiger partial charge on any atom is -0.302 e. The van der Waals surface area contributed by atoms with Crippen LogP contribution in [0.3, 0.4) is 0 Å². The van der Waals surface area contributed by atoms with Gasteiger partial charge in [-0.2, -0.15) is 13.2 Å². The Morgan fingerprint density at radius 3 is 2.45 bits per heavy atom. The molecule has 0 bridgehead atoms. The summed E-state index contributed by atoms with van der Waals surface area (Å²) in [5, 5.41) is 19.8. The van der Waals surface area contributed by atoms with E-state index in [0.29, 0.717) is 40.7 Å². The Labute approximate surface area is 174 Å². The first-order valence-corrected chi connectivity index (χ1v) is 9.24. The van der Waals surface area contributed by atoms with Gasteiger partial charge in [-0.25, -0.2) is 0 Å². The Bertz CT molecular complexity index is 1180. The van der Waals surface area contributed by atoms with Crippen LogP contribution < -0.4 is 0 Å². The zero-order valence-corrected chi connectivity index (χ0v) is 16.6. The van der Waals surface area contributed by atoms with E-state index in [1.165, 1.54) is 24.3 Å². The van der Waals surface area contributed by atoms with Crippen LogP contribution in [0.1, 0.15) is 28.3 Å². The van der Waals surface area contributed by atoms with Crippen LogP contribution in [-0.4, -0.2) is 44.4 Å². The van der Waals surface area contributed by atoms with Crippen LogP contribution >= 0.6 is 0 Å². The van der Waals surface area contributed by atoms with Crippen molar-refractivity contribution in [3.63, 3.8) is 0 Å². The Balaban J connectivity index is 1.89. The van der Waals surface area contributed by atoms with Crippen molar-refractivity contribution in [2.24, 2.45) is 4.99 Å². The van der Waals surface area contributed by atoms with Gasteiger partial charge in [-0.3, -0.25) is 19.7 Å². The van der Waals surface area contributed by atoms with Crippen molar-refractivity contribution in [3.05, 3.63) is 80.9 Å². The summed E-state index contributed by atoms with van der Waals surface area (Å²) < 4.78 is 40.7. The number of benzene rings is 2. The third-order valence-electron chi connectivity index (χ3n) is 4.81. The van der Waals surface area contributed by atoms with Gasteiger partial charge in [0.1, 0.15) is 6.54 Å². The van der Waals surface area contributed by atoms with Crippen molar-refractivity contribution in [3.8, 4) is 5.69 Å². The second kappa shape index (κ2) is 7.58. The molecule has 0 atom stereocenters. The molecule has 1 aliphatic rings. The second-order valence-corrected chi connectivity index (χ2v) is 7.30. The lowest BCUT2D eigenvalue weighted by atomic mass is 9.98. The van der Waals surface area contributed by atoms with Crippen LogP contribution in [0.25, 0.3) is 5.69 Å². The Hall–Kier alpha value is -3.60. The molecule has 0 unspecified atom stereocenters. The number of aromatic nitrogens is 3. The molecule has 0 fully saturated rings. The smallest absolute Gasteiger partial charge is 0.302 e. The van der Waals surface area contributed by atoms with Crippen molar-refractivity contribution < 1.29 is 18.1 Å². The number of nitro groups is 1. The second-order valence-electron chi connectivity index (χ2n) is 7.30. The molecule has 31 heavy (non-hydrogen) atoms. The maximum atomic E-state index is 13.0. The van der Waals surface area contributed by atoms with Gasteiger partial charge >= 0.3 is 6.18 Å². The quantitative estimate of drug-likeness (QED) is 0.466. The number of hydrogen-bond acceptors (Lipinski definition) is 6. The van der Waals surface area contributed by atoms with E-state index in [0.717, 1.165) is 12.1 Å². The highest BCUT2D eigenvalue weighted by molar-refractivity contribution is 6.15. The van der Waals surface area contributed by atoms with E-state index in [9.17, 15) is 23.3 Å². The summed E-state index contributed by atoms with van der Waals surface area (Å²) in [5.41, 5.74) is 0.849. The molecule has 0 spiro atoms. The Kier molecular flexibility index (Phi) is 5.05. The highest BCUT2D eigenvalue weighted by Crippen LogP contribution is 2.32. The molecule has 4 rings (SSSR count). The van der Waals surface area contributed by atoms with Gasteiger partial charge in [0.25, 0.3) is 5.69 Å². The van der Waals surface area contributed by atoms with Crippen LogP contribution in [-0.2, 0) is 19.3 Å². The summed E-state index contributed by atoms with van der Waals surface area (Å²) in [4.78, 5) is 17.3. The monoisotopic (exact) mass is 430 g/mol. The maximum Gasteiger partial charge on any atom is 0.416 e. The van der Waals surface area contributed by atoms with Crippen molar-refractivity contribution >= 4 is 11.4 Å². The molecule has 1 aliphatic heterocycles. The zero-order chi connectivity index (χ0) is 22.3. The number of hydrogen-bond donors (Lipinski definition) is 0. The molecule has 0 amide bonds. The van der Waals surface area contributed by atoms with E-state index in [4.69, 9.17) is 0 Å². The summed E-state index contributed by atoms with van der Waals surface area (Å²) in [6.07, 6.45) is -4.46. The molecular formula is C20H17F3N6O2. The van der Waals surface area contributed by atoms with E-state index in [-0.39, 0.29) is 12.2 Å². The highest BCUT2D eigenvalue weighted by atomic mass is 19.4. The first kappa shape index (κ1) is 20.7. The average molecular weight is 430 g/mol. The molecule has 11 heteroatoms. The molecule has 0 aliphatic carbocycles. The van der Waals surface area contributed by atoms with Gasteiger partial charge in [0, 0.05) is 23.3 Å². The third-order valence-corrected chi connectivity index (χ3v) is 4.81. The summed E-state index contributed by atoms with van der Waals surface area (Å²) in [5.74, 6) is 1.16. The van der Waals surface area contributed by atoms with Gasteiger partial charge < -0.3 is 4.90 Å². The van der Waals surface area contributed by atoms with E-state index in [1.54, 1.807) is 10.6 Å². The zero-order valence-electron chi connectivity index (χ0n) is 16.6. The topological polar surface area (TPSA) is 89.5 Å². The number of rotatable bonds is 4. The molecule has 0 radical (unpaired) electrons. The molecule has 1 aromatic heterocycles. The fraction of sp³-hybridized carbons (Fsp3) is 0.250. The first-order valence-electron chi connectivity index (χ1n) is 9.24. The van der Waals surface area contributed by atoms with Crippen LogP contribution in [0.4, 0.5) is 18.9 Å². The molecule has 160 valence electrons. The Morgan fingerprint density at radius 1 is 1.13 bits per heavy atom. The normalized spacial score (nSPS) is 13.4. The van der Waals surface area contributed by atoms with Gasteiger partial charge in [-0.05, 0) is 32.3 Å².